The number of ether oxygens (including phenoxy) is 2. The van der Waals surface area contributed by atoms with Gasteiger partial charge in [0.15, 0.2) is 0 Å². The van der Waals surface area contributed by atoms with Crippen LogP contribution in [0, 0.1) is 0 Å². The van der Waals surface area contributed by atoms with Gasteiger partial charge in [-0.1, -0.05) is 36.4 Å². The second-order valence-corrected chi connectivity index (χ2v) is 4.64. The molecule has 0 spiro atoms. The minimum atomic E-state index is 0.533. The van der Waals surface area contributed by atoms with E-state index in [1.165, 1.54) is 5.56 Å². The van der Waals surface area contributed by atoms with Crippen LogP contribution in [0.25, 0.3) is 10.9 Å². The van der Waals surface area contributed by atoms with Gasteiger partial charge in [0, 0.05) is 11.6 Å². The molecule has 0 unspecified atom stereocenters. The summed E-state index contributed by atoms with van der Waals surface area (Å²) in [6, 6.07) is 18.3. The molecule has 3 heteroatoms. The summed E-state index contributed by atoms with van der Waals surface area (Å²) in [5, 5.41) is 1.11. The van der Waals surface area contributed by atoms with Gasteiger partial charge in [-0.25, -0.2) is 0 Å². The van der Waals surface area contributed by atoms with Crippen molar-refractivity contribution in [3.63, 3.8) is 0 Å². The summed E-state index contributed by atoms with van der Waals surface area (Å²) < 4.78 is 13.2. The lowest BCUT2D eigenvalue weighted by molar-refractivity contribution is 0.0668. The van der Waals surface area contributed by atoms with E-state index in [1.807, 2.05) is 36.5 Å². The first-order chi connectivity index (χ1) is 9.88. The Hall–Kier alpha value is -2.26. The fraction of sp³-hybridized carbons (Fsp3) is 0.176. The summed E-state index contributed by atoms with van der Waals surface area (Å²) in [5.74, 6) is 0.893. The molecule has 0 N–H and O–H groups in total. The van der Waals surface area contributed by atoms with E-state index < -0.39 is 0 Å². The Labute approximate surface area is 118 Å². The first kappa shape index (κ1) is 12.8. The smallest absolute Gasteiger partial charge is 0.128 e. The van der Waals surface area contributed by atoms with Crippen LogP contribution in [0.4, 0.5) is 0 Å². The van der Waals surface area contributed by atoms with Crippen molar-refractivity contribution < 1.29 is 9.47 Å². The third-order valence-electron chi connectivity index (χ3n) is 3.34. The van der Waals surface area contributed by atoms with Gasteiger partial charge in [-0.3, -0.25) is 0 Å². The number of nitrogens with zero attached hydrogens (tertiary/aromatic N) is 1. The lowest BCUT2D eigenvalue weighted by atomic mass is 10.2. The molecular weight excluding hydrogens is 250 g/mol. The topological polar surface area (TPSA) is 23.4 Å². The Morgan fingerprint density at radius 1 is 0.950 bits per heavy atom. The molecule has 102 valence electrons. The van der Waals surface area contributed by atoms with Crippen molar-refractivity contribution in [3.8, 4) is 5.75 Å². The van der Waals surface area contributed by atoms with E-state index in [4.69, 9.17) is 9.47 Å². The summed E-state index contributed by atoms with van der Waals surface area (Å²) in [4.78, 5) is 0. The van der Waals surface area contributed by atoms with Crippen LogP contribution in [0.15, 0.2) is 60.8 Å². The van der Waals surface area contributed by atoms with Crippen molar-refractivity contribution in [1.82, 2.24) is 4.57 Å². The second-order valence-electron chi connectivity index (χ2n) is 4.64. The van der Waals surface area contributed by atoms with E-state index in [9.17, 15) is 0 Å². The molecule has 0 aliphatic carbocycles. The van der Waals surface area contributed by atoms with E-state index in [1.54, 1.807) is 7.11 Å². The zero-order valence-electron chi connectivity index (χ0n) is 11.5. The van der Waals surface area contributed by atoms with Gasteiger partial charge in [0.05, 0.1) is 19.2 Å². The Morgan fingerprint density at radius 3 is 2.60 bits per heavy atom. The summed E-state index contributed by atoms with van der Waals surface area (Å²) >= 11 is 0. The SMILES string of the molecule is COc1cccc2c1ccn2COCc1ccccc1. The van der Waals surface area contributed by atoms with Crippen LogP contribution in [0.3, 0.4) is 0 Å². The molecule has 0 aliphatic heterocycles. The van der Waals surface area contributed by atoms with E-state index in [-0.39, 0.29) is 0 Å². The lowest BCUT2D eigenvalue weighted by Crippen LogP contribution is -2.01. The monoisotopic (exact) mass is 267 g/mol. The van der Waals surface area contributed by atoms with Gasteiger partial charge in [-0.15, -0.1) is 0 Å². The average Bonchev–Trinajstić information content (AvgIpc) is 2.92. The maximum absolute atomic E-state index is 5.77. The highest BCUT2D eigenvalue weighted by Crippen LogP contribution is 2.26. The molecule has 3 nitrogen and oxygen atoms in total. The molecule has 3 rings (SSSR count). The van der Waals surface area contributed by atoms with Crippen LogP contribution in [0.2, 0.25) is 0 Å². The molecule has 0 aliphatic rings. The van der Waals surface area contributed by atoms with Crippen molar-refractivity contribution >= 4 is 10.9 Å². The maximum atomic E-state index is 5.77. The highest BCUT2D eigenvalue weighted by molar-refractivity contribution is 5.86. The number of hydrogen-bond donors (Lipinski definition) is 0. The number of benzene rings is 2. The molecule has 1 heterocycles. The van der Waals surface area contributed by atoms with Crippen molar-refractivity contribution in [2.24, 2.45) is 0 Å². The number of methoxy groups -OCH3 is 1. The number of hydrogen-bond acceptors (Lipinski definition) is 2. The largest absolute Gasteiger partial charge is 0.496 e. The van der Waals surface area contributed by atoms with E-state index >= 15 is 0 Å². The lowest BCUT2D eigenvalue weighted by Gasteiger charge is -2.08. The van der Waals surface area contributed by atoms with E-state index in [2.05, 4.69) is 28.8 Å². The molecule has 1 aromatic heterocycles. The number of rotatable bonds is 5. The zero-order valence-corrected chi connectivity index (χ0v) is 11.5. The highest BCUT2D eigenvalue weighted by Gasteiger charge is 2.05. The predicted octanol–water partition coefficient (Wildman–Crippen LogP) is 3.82. The zero-order chi connectivity index (χ0) is 13.8. The highest BCUT2D eigenvalue weighted by atomic mass is 16.5. The molecule has 0 fully saturated rings. The van der Waals surface area contributed by atoms with Crippen LogP contribution < -0.4 is 4.74 Å². The third kappa shape index (κ3) is 2.53. The predicted molar refractivity (Wildman–Crippen MR) is 79.7 cm³/mol. The van der Waals surface area contributed by atoms with Crippen LogP contribution in [0.1, 0.15) is 5.56 Å². The van der Waals surface area contributed by atoms with Gasteiger partial charge in [0.2, 0.25) is 0 Å². The summed E-state index contributed by atoms with van der Waals surface area (Å²) in [7, 11) is 1.69. The van der Waals surface area contributed by atoms with Crippen LogP contribution in [-0.4, -0.2) is 11.7 Å². The molecular formula is C17H17NO2. The van der Waals surface area contributed by atoms with Crippen molar-refractivity contribution in [2.45, 2.75) is 13.3 Å². The Morgan fingerprint density at radius 2 is 1.80 bits per heavy atom. The summed E-state index contributed by atoms with van der Waals surface area (Å²) in [6.07, 6.45) is 2.03. The Bertz CT molecular complexity index is 689. The number of aromatic nitrogens is 1. The molecule has 20 heavy (non-hydrogen) atoms. The van der Waals surface area contributed by atoms with Gasteiger partial charge >= 0.3 is 0 Å². The van der Waals surface area contributed by atoms with Crippen LogP contribution in [-0.2, 0) is 18.1 Å². The van der Waals surface area contributed by atoms with E-state index in [0.29, 0.717) is 13.3 Å². The fourth-order valence-electron chi connectivity index (χ4n) is 2.32. The molecule has 2 aromatic carbocycles. The summed E-state index contributed by atoms with van der Waals surface area (Å²) in [6.45, 7) is 1.15. The molecule has 0 amide bonds. The average molecular weight is 267 g/mol. The third-order valence-corrected chi connectivity index (χ3v) is 3.34. The number of fused-ring (bicyclic) bond motifs is 1. The normalized spacial score (nSPS) is 10.8. The van der Waals surface area contributed by atoms with Crippen LogP contribution >= 0.6 is 0 Å². The Balaban J connectivity index is 1.72. The summed E-state index contributed by atoms with van der Waals surface area (Å²) in [5.41, 5.74) is 2.30. The van der Waals surface area contributed by atoms with E-state index in [0.717, 1.165) is 16.7 Å². The first-order valence-electron chi connectivity index (χ1n) is 6.62. The van der Waals surface area contributed by atoms with Gasteiger partial charge in [0.25, 0.3) is 0 Å². The molecule has 0 saturated heterocycles. The molecule has 0 saturated carbocycles. The fourth-order valence-corrected chi connectivity index (χ4v) is 2.32. The van der Waals surface area contributed by atoms with Crippen LogP contribution in [0.5, 0.6) is 5.75 Å². The molecule has 0 bridgehead atoms. The van der Waals surface area contributed by atoms with Crippen molar-refractivity contribution in [2.75, 3.05) is 7.11 Å². The minimum absolute atomic E-state index is 0.533. The van der Waals surface area contributed by atoms with Gasteiger partial charge in [-0.2, -0.15) is 0 Å². The second kappa shape index (κ2) is 5.80. The standard InChI is InChI=1S/C17H17NO2/c1-19-17-9-5-8-16-15(17)10-11-18(16)13-20-12-14-6-3-2-4-7-14/h2-11H,12-13H2,1H3. The minimum Gasteiger partial charge on any atom is -0.496 e. The molecule has 3 aromatic rings. The quantitative estimate of drug-likeness (QED) is 0.701. The van der Waals surface area contributed by atoms with Gasteiger partial charge in [0.1, 0.15) is 12.5 Å². The first-order valence-corrected chi connectivity index (χ1v) is 6.62. The van der Waals surface area contributed by atoms with Crippen molar-refractivity contribution in [1.29, 1.82) is 0 Å². The van der Waals surface area contributed by atoms with Gasteiger partial charge < -0.3 is 14.0 Å². The molecule has 0 radical (unpaired) electrons. The van der Waals surface area contributed by atoms with Crippen molar-refractivity contribution in [3.05, 3.63) is 66.4 Å². The van der Waals surface area contributed by atoms with Gasteiger partial charge in [-0.05, 0) is 23.8 Å². The Kier molecular flexibility index (Phi) is 3.70. The maximum Gasteiger partial charge on any atom is 0.128 e. The molecule has 0 atom stereocenters.